The first kappa shape index (κ1) is 13.9. The highest BCUT2D eigenvalue weighted by atomic mass is 19.3. The van der Waals surface area contributed by atoms with Crippen LogP contribution in [0.3, 0.4) is 0 Å². The van der Waals surface area contributed by atoms with Crippen LogP contribution in [-0.2, 0) is 0 Å². The number of alkyl halides is 2. The second kappa shape index (κ2) is 5.07. The smallest absolute Gasteiger partial charge is 0.274 e. The summed E-state index contributed by atoms with van der Waals surface area (Å²) in [5, 5.41) is 10.8. The zero-order chi connectivity index (χ0) is 15.1. The molecular formula is C14H14F2O5. The predicted octanol–water partition coefficient (Wildman–Crippen LogP) is 2.90. The first-order valence-electron chi connectivity index (χ1n) is 6.36. The van der Waals surface area contributed by atoms with Crippen molar-refractivity contribution in [1.82, 2.24) is 0 Å². The third-order valence-corrected chi connectivity index (χ3v) is 3.56. The molecule has 0 saturated carbocycles. The SMILES string of the molecule is COc1c2c(c(OC)c3occc13)O[C@H](C(F)F)C[C@@H]2O. The van der Waals surface area contributed by atoms with Gasteiger partial charge in [-0.05, 0) is 6.07 Å². The minimum absolute atomic E-state index is 0.0425. The molecule has 114 valence electrons. The van der Waals surface area contributed by atoms with Gasteiger partial charge in [0.05, 0.1) is 37.5 Å². The van der Waals surface area contributed by atoms with Crippen molar-refractivity contribution < 1.29 is 32.5 Å². The van der Waals surface area contributed by atoms with E-state index in [-0.39, 0.29) is 17.9 Å². The molecule has 1 aromatic carbocycles. The zero-order valence-electron chi connectivity index (χ0n) is 11.4. The first-order chi connectivity index (χ1) is 10.1. The minimum Gasteiger partial charge on any atom is -0.495 e. The van der Waals surface area contributed by atoms with E-state index in [9.17, 15) is 13.9 Å². The van der Waals surface area contributed by atoms with Crippen LogP contribution in [0.25, 0.3) is 11.0 Å². The van der Waals surface area contributed by atoms with Gasteiger partial charge in [0.1, 0.15) is 5.75 Å². The Hall–Kier alpha value is -2.02. The first-order valence-corrected chi connectivity index (χ1v) is 6.36. The van der Waals surface area contributed by atoms with Gasteiger partial charge in [0.15, 0.2) is 17.4 Å². The van der Waals surface area contributed by atoms with Gasteiger partial charge in [0, 0.05) is 6.42 Å². The monoisotopic (exact) mass is 300 g/mol. The van der Waals surface area contributed by atoms with Gasteiger partial charge in [0.25, 0.3) is 6.43 Å². The number of hydrogen-bond donors (Lipinski definition) is 1. The lowest BCUT2D eigenvalue weighted by Gasteiger charge is -2.31. The molecule has 1 aromatic heterocycles. The topological polar surface area (TPSA) is 61.1 Å². The number of rotatable bonds is 3. The second-order valence-corrected chi connectivity index (χ2v) is 4.71. The highest BCUT2D eigenvalue weighted by molar-refractivity contribution is 5.94. The predicted molar refractivity (Wildman–Crippen MR) is 69.3 cm³/mol. The fraction of sp³-hybridized carbons (Fsp3) is 0.429. The number of hydrogen-bond acceptors (Lipinski definition) is 5. The lowest BCUT2D eigenvalue weighted by Crippen LogP contribution is -2.32. The fourth-order valence-corrected chi connectivity index (χ4v) is 2.65. The molecule has 5 nitrogen and oxygen atoms in total. The Morgan fingerprint density at radius 2 is 2.00 bits per heavy atom. The average molecular weight is 300 g/mol. The zero-order valence-corrected chi connectivity index (χ0v) is 11.4. The van der Waals surface area contributed by atoms with Crippen LogP contribution >= 0.6 is 0 Å². The molecule has 0 aliphatic carbocycles. The molecule has 1 aliphatic rings. The molecule has 7 heteroatoms. The van der Waals surface area contributed by atoms with Crippen molar-refractivity contribution in [2.75, 3.05) is 14.2 Å². The van der Waals surface area contributed by atoms with Gasteiger partial charge in [-0.3, -0.25) is 0 Å². The van der Waals surface area contributed by atoms with Gasteiger partial charge in [-0.2, -0.15) is 0 Å². The number of aliphatic hydroxyl groups is 1. The Kier molecular flexibility index (Phi) is 3.36. The fourth-order valence-electron chi connectivity index (χ4n) is 2.65. The average Bonchev–Trinajstić information content (AvgIpc) is 2.93. The summed E-state index contributed by atoms with van der Waals surface area (Å²) in [6.07, 6.45) is -4.03. The molecule has 1 N–H and O–H groups in total. The lowest BCUT2D eigenvalue weighted by atomic mass is 9.96. The van der Waals surface area contributed by atoms with E-state index in [4.69, 9.17) is 18.6 Å². The molecule has 0 bridgehead atoms. The Labute approximate surface area is 119 Å². The van der Waals surface area contributed by atoms with Gasteiger partial charge < -0.3 is 23.7 Å². The third kappa shape index (κ3) is 1.99. The van der Waals surface area contributed by atoms with E-state index in [0.29, 0.717) is 22.3 Å². The van der Waals surface area contributed by atoms with E-state index in [1.165, 1.54) is 20.5 Å². The summed E-state index contributed by atoms with van der Waals surface area (Å²) >= 11 is 0. The molecular weight excluding hydrogens is 286 g/mol. The standard InChI is InChI=1S/C14H14F2O5/c1-18-10-6-3-4-20-11(6)13(19-2)12-9(10)7(17)5-8(21-12)14(15)16/h3-4,7-8,14,17H,5H2,1-2H3/t7-,8-/m0/s1. The van der Waals surface area contributed by atoms with Crippen LogP contribution in [0.2, 0.25) is 0 Å². The van der Waals surface area contributed by atoms with Crippen molar-refractivity contribution in [3.05, 3.63) is 17.9 Å². The van der Waals surface area contributed by atoms with Crippen LogP contribution in [0.1, 0.15) is 18.1 Å². The molecule has 2 atom stereocenters. The van der Waals surface area contributed by atoms with Crippen molar-refractivity contribution in [3.63, 3.8) is 0 Å². The Morgan fingerprint density at radius 3 is 2.62 bits per heavy atom. The second-order valence-electron chi connectivity index (χ2n) is 4.71. The van der Waals surface area contributed by atoms with Crippen molar-refractivity contribution in [2.45, 2.75) is 25.1 Å². The van der Waals surface area contributed by atoms with Crippen LogP contribution in [0.15, 0.2) is 16.7 Å². The van der Waals surface area contributed by atoms with Crippen molar-refractivity contribution in [1.29, 1.82) is 0 Å². The molecule has 1 aliphatic heterocycles. The molecule has 2 aromatic rings. The van der Waals surface area contributed by atoms with Crippen molar-refractivity contribution in [3.8, 4) is 17.2 Å². The molecule has 2 heterocycles. The van der Waals surface area contributed by atoms with E-state index < -0.39 is 18.6 Å². The third-order valence-electron chi connectivity index (χ3n) is 3.56. The Morgan fingerprint density at radius 1 is 1.29 bits per heavy atom. The molecule has 3 rings (SSSR count). The van der Waals surface area contributed by atoms with E-state index in [1.807, 2.05) is 0 Å². The maximum Gasteiger partial charge on any atom is 0.274 e. The number of fused-ring (bicyclic) bond motifs is 2. The molecule has 0 radical (unpaired) electrons. The molecule has 0 unspecified atom stereocenters. The number of furan rings is 1. The van der Waals surface area contributed by atoms with Crippen LogP contribution in [0.4, 0.5) is 8.78 Å². The Balaban J connectivity index is 2.29. The summed E-state index contributed by atoms with van der Waals surface area (Å²) in [6.45, 7) is 0. The van der Waals surface area contributed by atoms with Crippen molar-refractivity contribution in [2.24, 2.45) is 0 Å². The van der Waals surface area contributed by atoms with E-state index in [1.54, 1.807) is 6.07 Å². The number of ether oxygens (including phenoxy) is 3. The van der Waals surface area contributed by atoms with E-state index >= 15 is 0 Å². The van der Waals surface area contributed by atoms with Gasteiger partial charge in [-0.15, -0.1) is 0 Å². The number of methoxy groups -OCH3 is 2. The van der Waals surface area contributed by atoms with Gasteiger partial charge in [0.2, 0.25) is 5.75 Å². The van der Waals surface area contributed by atoms with Crippen LogP contribution < -0.4 is 14.2 Å². The number of aliphatic hydroxyl groups excluding tert-OH is 1. The summed E-state index contributed by atoms with van der Waals surface area (Å²) in [5.74, 6) is 0.561. The lowest BCUT2D eigenvalue weighted by molar-refractivity contribution is -0.0341. The largest absolute Gasteiger partial charge is 0.495 e. The highest BCUT2D eigenvalue weighted by Gasteiger charge is 2.39. The van der Waals surface area contributed by atoms with Crippen LogP contribution in [0, 0.1) is 0 Å². The van der Waals surface area contributed by atoms with Gasteiger partial charge in [-0.25, -0.2) is 8.78 Å². The molecule has 0 saturated heterocycles. The quantitative estimate of drug-likeness (QED) is 0.944. The summed E-state index contributed by atoms with van der Waals surface area (Å²) < 4.78 is 47.0. The van der Waals surface area contributed by atoms with Crippen molar-refractivity contribution >= 4 is 11.0 Å². The normalized spacial score (nSPS) is 21.2. The van der Waals surface area contributed by atoms with Gasteiger partial charge in [-0.1, -0.05) is 0 Å². The molecule has 0 fully saturated rings. The summed E-state index contributed by atoms with van der Waals surface area (Å²) in [7, 11) is 2.81. The van der Waals surface area contributed by atoms with Gasteiger partial charge >= 0.3 is 0 Å². The minimum atomic E-state index is -2.71. The van der Waals surface area contributed by atoms with E-state index in [2.05, 4.69) is 0 Å². The van der Waals surface area contributed by atoms with Crippen LogP contribution in [0.5, 0.6) is 17.2 Å². The molecule has 0 amide bonds. The highest BCUT2D eigenvalue weighted by Crippen LogP contribution is 2.52. The molecule has 21 heavy (non-hydrogen) atoms. The summed E-state index contributed by atoms with van der Waals surface area (Å²) in [6, 6.07) is 1.66. The van der Waals surface area contributed by atoms with E-state index in [0.717, 1.165) is 0 Å². The maximum absolute atomic E-state index is 12.9. The summed E-state index contributed by atoms with van der Waals surface area (Å²) in [4.78, 5) is 0. The molecule has 0 spiro atoms. The maximum atomic E-state index is 12.9. The number of benzene rings is 1. The van der Waals surface area contributed by atoms with Crippen LogP contribution in [-0.4, -0.2) is 31.9 Å². The Bertz CT molecular complexity index is 667. The summed E-state index contributed by atoms with van der Waals surface area (Å²) in [5.41, 5.74) is 0.635. The number of halogens is 2.